The van der Waals surface area contributed by atoms with Gasteiger partial charge in [-0.3, -0.25) is 0 Å². The van der Waals surface area contributed by atoms with E-state index >= 15 is 0 Å². The highest BCUT2D eigenvalue weighted by molar-refractivity contribution is 7.16. The lowest BCUT2D eigenvalue weighted by Crippen LogP contribution is -2.24. The lowest BCUT2D eigenvalue weighted by Gasteiger charge is -2.22. The molecule has 1 saturated heterocycles. The summed E-state index contributed by atoms with van der Waals surface area (Å²) in [5.74, 6) is 0. The molecule has 0 spiro atoms. The molecule has 9 heavy (non-hydrogen) atoms. The quantitative estimate of drug-likeness (QED) is 0.544. The van der Waals surface area contributed by atoms with Crippen LogP contribution >= 0.6 is 9.24 Å². The summed E-state index contributed by atoms with van der Waals surface area (Å²) in [6.07, 6.45) is 3.19. The van der Waals surface area contributed by atoms with E-state index in [1.54, 1.807) is 0 Å². The average Bonchev–Trinajstić information content (AvgIpc) is 1.91. The molecule has 1 aliphatic rings. The zero-order chi connectivity index (χ0) is 6.53. The van der Waals surface area contributed by atoms with Crippen molar-refractivity contribution >= 4 is 9.24 Å². The average molecular weight is 148 g/mol. The number of hydrogen-bond donors (Lipinski definition) is 0. The molecule has 54 valence electrons. The lowest BCUT2D eigenvalue weighted by atomic mass is 10.4. The van der Waals surface area contributed by atoms with Gasteiger partial charge < -0.3 is 9.47 Å². The summed E-state index contributed by atoms with van der Waals surface area (Å²) in [4.78, 5) is 0. The lowest BCUT2D eigenvalue weighted by molar-refractivity contribution is -0.178. The van der Waals surface area contributed by atoms with Gasteiger partial charge in [0.2, 0.25) is 0 Å². The molecule has 0 bridgehead atoms. The van der Waals surface area contributed by atoms with Gasteiger partial charge in [-0.25, -0.2) is 0 Å². The van der Waals surface area contributed by atoms with Gasteiger partial charge in [-0.15, -0.1) is 9.24 Å². The molecule has 1 heterocycles. The summed E-state index contributed by atoms with van der Waals surface area (Å²) in [6.45, 7) is 1.74. The fraction of sp³-hybridized carbons (Fsp3) is 1.00. The minimum atomic E-state index is 0.0799. The van der Waals surface area contributed by atoms with Gasteiger partial charge in [0.05, 0.1) is 13.2 Å². The smallest absolute Gasteiger partial charge is 0.157 e. The van der Waals surface area contributed by atoms with Gasteiger partial charge in [0.1, 0.15) is 0 Å². The maximum absolute atomic E-state index is 5.28. The Morgan fingerprint density at radius 2 is 2.00 bits per heavy atom. The van der Waals surface area contributed by atoms with Crippen molar-refractivity contribution in [1.82, 2.24) is 0 Å². The highest BCUT2D eigenvalue weighted by atomic mass is 31.0. The fourth-order valence-electron chi connectivity index (χ4n) is 0.839. The molecule has 0 saturated carbocycles. The molecule has 0 aromatic rings. The molecule has 3 heteroatoms. The highest BCUT2D eigenvalue weighted by Crippen LogP contribution is 2.08. The predicted molar refractivity (Wildman–Crippen MR) is 39.5 cm³/mol. The van der Waals surface area contributed by atoms with Crippen molar-refractivity contribution in [3.8, 4) is 0 Å². The molecule has 0 aromatic carbocycles. The fourth-order valence-corrected chi connectivity index (χ4v) is 1.11. The summed E-state index contributed by atoms with van der Waals surface area (Å²) < 4.78 is 10.6. The van der Waals surface area contributed by atoms with Crippen LogP contribution in [-0.4, -0.2) is 25.7 Å². The Kier molecular flexibility index (Phi) is 3.49. The van der Waals surface area contributed by atoms with Gasteiger partial charge in [0.15, 0.2) is 6.29 Å². The summed E-state index contributed by atoms with van der Waals surface area (Å²) >= 11 is 0. The SMILES string of the molecule is PCCC1OCCCO1. The second kappa shape index (κ2) is 4.21. The van der Waals surface area contributed by atoms with Crippen LogP contribution in [0.3, 0.4) is 0 Å². The number of rotatable bonds is 2. The first-order chi connectivity index (χ1) is 4.43. The largest absolute Gasteiger partial charge is 0.353 e. The van der Waals surface area contributed by atoms with Crippen LogP contribution in [0.25, 0.3) is 0 Å². The van der Waals surface area contributed by atoms with E-state index in [2.05, 4.69) is 9.24 Å². The van der Waals surface area contributed by atoms with Crippen molar-refractivity contribution < 1.29 is 9.47 Å². The summed E-state index contributed by atoms with van der Waals surface area (Å²) in [6, 6.07) is 0. The van der Waals surface area contributed by atoms with Crippen LogP contribution in [0.4, 0.5) is 0 Å². The number of hydrogen-bond acceptors (Lipinski definition) is 2. The third-order valence-corrected chi connectivity index (χ3v) is 1.63. The molecule has 0 aromatic heterocycles. The monoisotopic (exact) mass is 148 g/mol. The van der Waals surface area contributed by atoms with Crippen LogP contribution in [-0.2, 0) is 9.47 Å². The van der Waals surface area contributed by atoms with E-state index < -0.39 is 0 Å². The van der Waals surface area contributed by atoms with E-state index in [9.17, 15) is 0 Å². The Morgan fingerprint density at radius 3 is 2.56 bits per heavy atom. The molecule has 0 aliphatic carbocycles. The molecule has 1 atom stereocenters. The minimum Gasteiger partial charge on any atom is -0.353 e. The van der Waals surface area contributed by atoms with Crippen LogP contribution in [0.5, 0.6) is 0 Å². The molecule has 0 N–H and O–H groups in total. The maximum atomic E-state index is 5.28. The van der Waals surface area contributed by atoms with Gasteiger partial charge in [-0.2, -0.15) is 0 Å². The predicted octanol–water partition coefficient (Wildman–Crippen LogP) is 1.01. The van der Waals surface area contributed by atoms with Crippen molar-refractivity contribution in [2.75, 3.05) is 19.4 Å². The van der Waals surface area contributed by atoms with Gasteiger partial charge in [-0.1, -0.05) is 0 Å². The second-order valence-electron chi connectivity index (χ2n) is 2.10. The third-order valence-electron chi connectivity index (χ3n) is 1.30. The summed E-state index contributed by atoms with van der Waals surface area (Å²) in [5, 5.41) is 0. The van der Waals surface area contributed by atoms with E-state index in [0.717, 1.165) is 32.2 Å². The van der Waals surface area contributed by atoms with Crippen LogP contribution < -0.4 is 0 Å². The highest BCUT2D eigenvalue weighted by Gasteiger charge is 2.11. The zero-order valence-electron chi connectivity index (χ0n) is 5.51. The van der Waals surface area contributed by atoms with E-state index in [1.165, 1.54) is 0 Å². The Bertz CT molecular complexity index is 68.7. The molecule has 1 unspecified atom stereocenters. The van der Waals surface area contributed by atoms with Crippen LogP contribution in [0.2, 0.25) is 0 Å². The van der Waals surface area contributed by atoms with Crippen molar-refractivity contribution in [3.05, 3.63) is 0 Å². The van der Waals surface area contributed by atoms with Crippen molar-refractivity contribution in [3.63, 3.8) is 0 Å². The minimum absolute atomic E-state index is 0.0799. The van der Waals surface area contributed by atoms with Gasteiger partial charge in [0.25, 0.3) is 0 Å². The molecule has 2 nitrogen and oxygen atoms in total. The van der Waals surface area contributed by atoms with E-state index in [1.807, 2.05) is 0 Å². The molecular weight excluding hydrogens is 135 g/mol. The first-order valence-electron chi connectivity index (χ1n) is 3.37. The van der Waals surface area contributed by atoms with Crippen molar-refractivity contribution in [2.45, 2.75) is 19.1 Å². The number of ether oxygens (including phenoxy) is 2. The standard InChI is InChI=1S/C6H13O2P/c9-5-2-6-7-3-1-4-8-6/h6H,1-5,9H2. The molecular formula is C6H13O2P. The Hall–Kier alpha value is 0.350. The van der Waals surface area contributed by atoms with E-state index in [-0.39, 0.29) is 6.29 Å². The molecule has 0 radical (unpaired) electrons. The van der Waals surface area contributed by atoms with Crippen LogP contribution in [0.15, 0.2) is 0 Å². The summed E-state index contributed by atoms with van der Waals surface area (Å²) in [7, 11) is 2.67. The van der Waals surface area contributed by atoms with Crippen LogP contribution in [0, 0.1) is 0 Å². The molecule has 1 rings (SSSR count). The first kappa shape index (κ1) is 7.46. The van der Waals surface area contributed by atoms with Crippen molar-refractivity contribution in [1.29, 1.82) is 0 Å². The Morgan fingerprint density at radius 1 is 1.33 bits per heavy atom. The van der Waals surface area contributed by atoms with Gasteiger partial charge >= 0.3 is 0 Å². The molecule has 1 fully saturated rings. The summed E-state index contributed by atoms with van der Waals surface area (Å²) in [5.41, 5.74) is 0. The Labute approximate surface area is 58.1 Å². The topological polar surface area (TPSA) is 18.5 Å². The third kappa shape index (κ3) is 2.61. The second-order valence-corrected chi connectivity index (χ2v) is 2.68. The van der Waals surface area contributed by atoms with E-state index in [0.29, 0.717) is 0 Å². The molecule has 1 aliphatic heterocycles. The maximum Gasteiger partial charge on any atom is 0.157 e. The zero-order valence-corrected chi connectivity index (χ0v) is 6.66. The van der Waals surface area contributed by atoms with Gasteiger partial charge in [0, 0.05) is 6.42 Å². The van der Waals surface area contributed by atoms with E-state index in [4.69, 9.17) is 9.47 Å². The Balaban J connectivity index is 2.08. The normalized spacial score (nSPS) is 22.3. The van der Waals surface area contributed by atoms with Crippen molar-refractivity contribution in [2.24, 2.45) is 0 Å². The van der Waals surface area contributed by atoms with Gasteiger partial charge in [-0.05, 0) is 12.6 Å². The van der Waals surface area contributed by atoms with Crippen LogP contribution in [0.1, 0.15) is 12.8 Å². The first-order valence-corrected chi connectivity index (χ1v) is 4.18. The molecule has 0 amide bonds.